The van der Waals surface area contributed by atoms with E-state index in [4.69, 9.17) is 43.5 Å². The minimum Gasteiger partial charge on any atom is -0.543 e. The highest BCUT2D eigenvalue weighted by Crippen LogP contribution is 2.40. The average Bonchev–Trinajstić information content (AvgIpc) is 3.57. The van der Waals surface area contributed by atoms with Crippen molar-refractivity contribution < 1.29 is 48.3 Å². The van der Waals surface area contributed by atoms with Gasteiger partial charge in [0.15, 0.2) is 10.8 Å². The highest BCUT2D eigenvalue weighted by molar-refractivity contribution is 8.00. The van der Waals surface area contributed by atoms with Crippen LogP contribution in [0, 0.1) is 0 Å². The summed E-state index contributed by atoms with van der Waals surface area (Å²) in [4.78, 5) is 75.9. The smallest absolute Gasteiger partial charge is 0.351 e. The Kier molecular flexibility index (Phi) is 10.8. The number of aryl methyl sites for hydroxylation is 1. The molecule has 1 fully saturated rings. The molecule has 4 atom stereocenters. The molecule has 5 rings (SSSR count). The number of β-lactam (4-membered cyclic amide) rings is 1. The summed E-state index contributed by atoms with van der Waals surface area (Å²) in [6, 6.07) is 1.89. The second-order valence-corrected chi connectivity index (χ2v) is 13.9. The van der Waals surface area contributed by atoms with E-state index >= 15 is 0 Å². The van der Waals surface area contributed by atoms with Gasteiger partial charge in [0, 0.05) is 30.8 Å². The van der Waals surface area contributed by atoms with Crippen LogP contribution < -0.4 is 32.2 Å². The van der Waals surface area contributed by atoms with Gasteiger partial charge < -0.3 is 47.1 Å². The molecular formula is C28H31ClN10O9S2. The lowest BCUT2D eigenvalue weighted by atomic mass is 10.0. The number of nitrogens with two attached hydrogens (primary N) is 3. The molecular weight excluding hydrogens is 720 g/mol. The molecule has 5 heterocycles. The fourth-order valence-corrected chi connectivity index (χ4v) is 7.42. The molecule has 0 saturated carbocycles. The number of thiazole rings is 1. The Bertz CT molecular complexity index is 1950. The van der Waals surface area contributed by atoms with E-state index in [0.717, 1.165) is 16.2 Å². The number of aliphatic carboxylic acids is 2. The zero-order valence-corrected chi connectivity index (χ0v) is 28.8. The zero-order chi connectivity index (χ0) is 36.4. The van der Waals surface area contributed by atoms with E-state index in [0.29, 0.717) is 29.7 Å². The molecule has 3 aromatic rings. The number of nitrogen functional groups attached to an aromatic ring is 2. The predicted octanol–water partition coefficient (Wildman–Crippen LogP) is -1.82. The van der Waals surface area contributed by atoms with Gasteiger partial charge in [-0.2, -0.15) is 0 Å². The fourth-order valence-electron chi connectivity index (χ4n) is 5.16. The summed E-state index contributed by atoms with van der Waals surface area (Å²) < 4.78 is 8.36. The second kappa shape index (κ2) is 14.9. The fraction of sp³-hybridized carbons (Fsp3) is 0.393. The number of nitrogens with one attached hydrogen (secondary N) is 1. The van der Waals surface area contributed by atoms with Crippen LogP contribution in [0.15, 0.2) is 34.8 Å². The number of carbonyl (C=O) groups is 5. The van der Waals surface area contributed by atoms with Gasteiger partial charge in [-0.25, -0.2) is 14.3 Å². The number of imidazole rings is 1. The molecule has 0 bridgehead atoms. The van der Waals surface area contributed by atoms with Crippen molar-refractivity contribution in [3.8, 4) is 0 Å². The van der Waals surface area contributed by atoms with Crippen LogP contribution in [-0.2, 0) is 46.6 Å². The lowest BCUT2D eigenvalue weighted by molar-refractivity contribution is -0.664. The van der Waals surface area contributed by atoms with Crippen LogP contribution in [-0.4, -0.2) is 95.9 Å². The van der Waals surface area contributed by atoms with Gasteiger partial charge in [0.1, 0.15) is 40.1 Å². The van der Waals surface area contributed by atoms with E-state index in [2.05, 4.69) is 20.4 Å². The minimum atomic E-state index is -1.59. The summed E-state index contributed by atoms with van der Waals surface area (Å²) >= 11 is 8.21. The summed E-state index contributed by atoms with van der Waals surface area (Å²) in [5.41, 5.74) is 18.4. The number of ether oxygens (including phenoxy) is 1. The first-order chi connectivity index (χ1) is 23.7. The summed E-state index contributed by atoms with van der Waals surface area (Å²) in [5.74, 6) is -4.78. The van der Waals surface area contributed by atoms with Gasteiger partial charge in [-0.05, 0) is 30.5 Å². The highest BCUT2D eigenvalue weighted by atomic mass is 35.5. The molecule has 2 aliphatic rings. The van der Waals surface area contributed by atoms with Crippen LogP contribution in [0.3, 0.4) is 0 Å². The maximum Gasteiger partial charge on any atom is 0.351 e. The Morgan fingerprint density at radius 3 is 2.68 bits per heavy atom. The summed E-state index contributed by atoms with van der Waals surface area (Å²) in [6.07, 6.45) is 0.674. The number of carboxylic acid groups (broad SMARTS) is 2. The molecule has 266 valence electrons. The molecule has 2 unspecified atom stereocenters. The van der Waals surface area contributed by atoms with E-state index in [1.54, 1.807) is 27.5 Å². The van der Waals surface area contributed by atoms with Crippen molar-refractivity contribution in [2.45, 2.75) is 56.9 Å². The first kappa shape index (κ1) is 36.3. The van der Waals surface area contributed by atoms with Gasteiger partial charge in [0.25, 0.3) is 11.8 Å². The molecule has 8 N–H and O–H groups in total. The van der Waals surface area contributed by atoms with Gasteiger partial charge in [-0.15, -0.1) is 11.8 Å². The number of nitrogens with zero attached hydrogens (tertiary/aromatic N) is 6. The van der Waals surface area contributed by atoms with Gasteiger partial charge >= 0.3 is 23.5 Å². The lowest BCUT2D eigenvalue weighted by Gasteiger charge is -2.50. The van der Waals surface area contributed by atoms with Crippen molar-refractivity contribution in [1.29, 1.82) is 0 Å². The van der Waals surface area contributed by atoms with Crippen LogP contribution in [0.25, 0.3) is 11.2 Å². The van der Waals surface area contributed by atoms with Crippen molar-refractivity contribution in [2.24, 2.45) is 10.9 Å². The van der Waals surface area contributed by atoms with E-state index in [9.17, 15) is 29.1 Å². The first-order valence-corrected chi connectivity index (χ1v) is 17.0. The number of oxime groups is 1. The number of thioether (sulfide) groups is 1. The van der Waals surface area contributed by atoms with E-state index < -0.39 is 59.0 Å². The van der Waals surface area contributed by atoms with Crippen LogP contribution >= 0.6 is 34.7 Å². The van der Waals surface area contributed by atoms with Crippen molar-refractivity contribution >= 4 is 92.4 Å². The molecule has 0 aliphatic carbocycles. The quantitative estimate of drug-likeness (QED) is 0.0398. The van der Waals surface area contributed by atoms with E-state index in [1.165, 1.54) is 25.6 Å². The Morgan fingerprint density at radius 1 is 1.30 bits per heavy atom. The number of esters is 1. The maximum absolute atomic E-state index is 13.4. The SMILES string of the molecule is CC(=O)OC[C@@H](N)CCn1c(N)nc2c1ccc[n+]2CC1=C(C(=O)[O-])N2C(=O)C(NC(=O)/C(=N\O[C@@H](C)C(=O)O)c3nc(N)sc3Cl)C2SC1. The third-order valence-corrected chi connectivity index (χ3v) is 10.0. The van der Waals surface area contributed by atoms with Crippen LogP contribution in [0.1, 0.15) is 26.0 Å². The number of fused-ring (bicyclic) bond motifs is 2. The Balaban J connectivity index is 1.35. The number of carbonyl (C=O) groups excluding carboxylic acids is 4. The summed E-state index contributed by atoms with van der Waals surface area (Å²) in [6.45, 7) is 2.91. The Hall–Kier alpha value is -4.99. The number of halogens is 1. The van der Waals surface area contributed by atoms with Crippen LogP contribution in [0.5, 0.6) is 0 Å². The Morgan fingerprint density at radius 2 is 2.04 bits per heavy atom. The van der Waals surface area contributed by atoms with Gasteiger partial charge in [-0.3, -0.25) is 23.9 Å². The molecule has 2 aliphatic heterocycles. The Labute approximate surface area is 296 Å². The average molecular weight is 751 g/mol. The van der Waals surface area contributed by atoms with E-state index in [-0.39, 0.29) is 45.7 Å². The zero-order valence-electron chi connectivity index (χ0n) is 26.4. The molecule has 0 radical (unpaired) electrons. The number of rotatable bonds is 14. The summed E-state index contributed by atoms with van der Waals surface area (Å²) in [5, 5.41) is 26.9. The van der Waals surface area contributed by atoms with Gasteiger partial charge in [-0.1, -0.05) is 28.1 Å². The number of anilines is 2. The minimum absolute atomic E-state index is 0.00903. The maximum atomic E-state index is 13.4. The predicted molar refractivity (Wildman–Crippen MR) is 177 cm³/mol. The van der Waals surface area contributed by atoms with Crippen molar-refractivity contribution in [2.75, 3.05) is 23.8 Å². The number of pyridine rings is 1. The van der Waals surface area contributed by atoms with Gasteiger partial charge in [0.2, 0.25) is 6.10 Å². The molecule has 0 aromatic carbocycles. The number of carboxylic acids is 2. The number of aromatic nitrogens is 4. The summed E-state index contributed by atoms with van der Waals surface area (Å²) in [7, 11) is 0. The second-order valence-electron chi connectivity index (χ2n) is 11.1. The topological polar surface area (TPSA) is 287 Å². The van der Waals surface area contributed by atoms with Crippen molar-refractivity contribution in [3.05, 3.63) is 39.6 Å². The molecule has 22 heteroatoms. The van der Waals surface area contributed by atoms with Crippen molar-refractivity contribution in [1.82, 2.24) is 24.8 Å². The molecule has 3 aromatic heterocycles. The monoisotopic (exact) mass is 750 g/mol. The largest absolute Gasteiger partial charge is 0.543 e. The third kappa shape index (κ3) is 7.44. The highest BCUT2D eigenvalue weighted by Gasteiger charge is 2.53. The third-order valence-electron chi connectivity index (χ3n) is 7.61. The number of amides is 2. The molecule has 2 amide bonds. The molecule has 19 nitrogen and oxygen atoms in total. The normalized spacial score (nSPS) is 18.7. The van der Waals surface area contributed by atoms with Gasteiger partial charge in [0.05, 0.1) is 17.9 Å². The number of hydrogen-bond donors (Lipinski definition) is 5. The standard InChI is InChI=1S/C28H31ClN10O9S2/c1-11(25(43)44)48-36-17(16-20(29)50-28(32)34-16)22(41)33-18-23(42)39-19(26(45)46)13(10-49-24(18)39)8-37-6-3-4-15-21(37)35-27(31)38(15)7-5-14(30)9-47-12(2)40/h3-4,6,11,14,18,24,31H,5,7-10,30H2,1-2H3,(H5,32,33,34,41,43,44,45,46)/b36-17-/t11-,14-,18?,24?/m0/s1. The van der Waals surface area contributed by atoms with Crippen LogP contribution in [0.4, 0.5) is 11.1 Å². The number of hydrogen-bond acceptors (Lipinski definition) is 16. The lowest BCUT2D eigenvalue weighted by Crippen LogP contribution is -2.71. The molecule has 50 heavy (non-hydrogen) atoms. The molecule has 0 spiro atoms. The first-order valence-electron chi connectivity index (χ1n) is 14.8. The van der Waals surface area contributed by atoms with Crippen molar-refractivity contribution in [3.63, 3.8) is 0 Å². The molecule has 1 saturated heterocycles. The van der Waals surface area contributed by atoms with Crippen LogP contribution in [0.2, 0.25) is 4.34 Å². The van der Waals surface area contributed by atoms with E-state index in [1.807, 2.05) is 0 Å².